The van der Waals surface area contributed by atoms with Crippen molar-refractivity contribution >= 4 is 27.7 Å². The number of anilines is 1. The van der Waals surface area contributed by atoms with E-state index in [1.165, 1.54) is 0 Å². The smallest absolute Gasteiger partial charge is 0.292 e. The van der Waals surface area contributed by atoms with Gasteiger partial charge < -0.3 is 15.5 Å². The number of hydrogen-bond donors (Lipinski definition) is 2. The molecule has 0 bridgehead atoms. The Balaban J connectivity index is 2.14. The van der Waals surface area contributed by atoms with Crippen LogP contribution in [0.3, 0.4) is 0 Å². The number of nitrogens with zero attached hydrogens (tertiary/aromatic N) is 1. The predicted octanol–water partition coefficient (Wildman–Crippen LogP) is 2.15. The van der Waals surface area contributed by atoms with Crippen LogP contribution in [0.5, 0.6) is 0 Å². The third-order valence-electron chi connectivity index (χ3n) is 2.08. The molecule has 0 saturated carbocycles. The molecule has 2 aromatic rings. The Bertz CT molecular complexity index is 539. The maximum absolute atomic E-state index is 11.8. The van der Waals surface area contributed by atoms with Crippen LogP contribution in [0, 0.1) is 0 Å². The summed E-state index contributed by atoms with van der Waals surface area (Å²) in [6.45, 7) is 0.264. The van der Waals surface area contributed by atoms with Crippen LogP contribution >= 0.6 is 15.9 Å². The number of aromatic nitrogens is 1. The van der Waals surface area contributed by atoms with E-state index in [0.717, 1.165) is 0 Å². The molecular formula is C11H10BrN3O2. The zero-order chi connectivity index (χ0) is 12.3. The predicted molar refractivity (Wildman–Crippen MR) is 66.5 cm³/mol. The van der Waals surface area contributed by atoms with Crippen molar-refractivity contribution in [2.45, 2.75) is 6.54 Å². The third kappa shape index (κ3) is 2.72. The second-order valence-corrected chi connectivity index (χ2v) is 4.11. The molecule has 0 aliphatic rings. The monoisotopic (exact) mass is 295 g/mol. The summed E-state index contributed by atoms with van der Waals surface area (Å²) in [6, 6.07) is 6.80. The number of pyridine rings is 1. The van der Waals surface area contributed by atoms with Crippen molar-refractivity contribution in [2.75, 3.05) is 5.32 Å². The third-order valence-corrected chi connectivity index (χ3v) is 2.72. The first kappa shape index (κ1) is 11.8. The van der Waals surface area contributed by atoms with Gasteiger partial charge in [-0.05, 0) is 40.2 Å². The van der Waals surface area contributed by atoms with Crippen molar-refractivity contribution in [3.8, 4) is 0 Å². The fourth-order valence-electron chi connectivity index (χ4n) is 1.26. The molecule has 17 heavy (non-hydrogen) atoms. The van der Waals surface area contributed by atoms with Crippen LogP contribution in [0.15, 0.2) is 39.4 Å². The van der Waals surface area contributed by atoms with E-state index in [1.807, 2.05) is 0 Å². The number of rotatable bonds is 3. The highest BCUT2D eigenvalue weighted by molar-refractivity contribution is 9.10. The Morgan fingerprint density at radius 2 is 2.29 bits per heavy atom. The van der Waals surface area contributed by atoms with Gasteiger partial charge in [0, 0.05) is 6.20 Å². The van der Waals surface area contributed by atoms with Crippen molar-refractivity contribution in [2.24, 2.45) is 5.73 Å². The first-order chi connectivity index (χ1) is 8.20. The number of amides is 1. The van der Waals surface area contributed by atoms with Gasteiger partial charge in [-0.2, -0.15) is 0 Å². The van der Waals surface area contributed by atoms with E-state index in [1.54, 1.807) is 30.5 Å². The van der Waals surface area contributed by atoms with E-state index in [4.69, 9.17) is 10.2 Å². The van der Waals surface area contributed by atoms with Gasteiger partial charge in [-0.25, -0.2) is 4.98 Å². The highest BCUT2D eigenvalue weighted by atomic mass is 79.9. The molecule has 0 fully saturated rings. The fourth-order valence-corrected chi connectivity index (χ4v) is 1.61. The van der Waals surface area contributed by atoms with Gasteiger partial charge in [0.1, 0.15) is 11.6 Å². The van der Waals surface area contributed by atoms with E-state index < -0.39 is 0 Å². The van der Waals surface area contributed by atoms with E-state index in [2.05, 4.69) is 26.2 Å². The maximum atomic E-state index is 11.8. The fraction of sp³-hybridized carbons (Fsp3) is 0.0909. The minimum Gasteiger partial charge on any atom is -0.455 e. The van der Waals surface area contributed by atoms with Gasteiger partial charge in [0.05, 0.1) is 11.0 Å². The number of halogens is 1. The second kappa shape index (κ2) is 5.11. The Morgan fingerprint density at radius 3 is 2.94 bits per heavy atom. The summed E-state index contributed by atoms with van der Waals surface area (Å²) in [4.78, 5) is 15.8. The molecule has 5 nitrogen and oxygen atoms in total. The lowest BCUT2D eigenvalue weighted by molar-refractivity contribution is 0.0994. The number of carbonyl (C=O) groups excluding carboxylic acids is 1. The van der Waals surface area contributed by atoms with E-state index in [0.29, 0.717) is 16.1 Å². The molecule has 3 N–H and O–H groups in total. The van der Waals surface area contributed by atoms with Gasteiger partial charge in [-0.1, -0.05) is 0 Å². The van der Waals surface area contributed by atoms with Crippen LogP contribution in [-0.2, 0) is 6.54 Å². The molecule has 0 radical (unpaired) electrons. The first-order valence-corrected chi connectivity index (χ1v) is 5.70. The largest absolute Gasteiger partial charge is 0.455 e. The normalized spacial score (nSPS) is 10.2. The van der Waals surface area contributed by atoms with Gasteiger partial charge in [0.2, 0.25) is 0 Å². The molecule has 88 valence electrons. The lowest BCUT2D eigenvalue weighted by atomic mass is 10.4. The van der Waals surface area contributed by atoms with Crippen molar-refractivity contribution in [3.05, 3.63) is 46.5 Å². The maximum Gasteiger partial charge on any atom is 0.292 e. The Labute approximate surface area is 106 Å². The van der Waals surface area contributed by atoms with Crippen LogP contribution in [0.1, 0.15) is 16.3 Å². The molecule has 0 saturated heterocycles. The van der Waals surface area contributed by atoms with E-state index in [9.17, 15) is 4.79 Å². The summed E-state index contributed by atoms with van der Waals surface area (Å²) in [5, 5.41) is 2.63. The summed E-state index contributed by atoms with van der Waals surface area (Å²) in [6.07, 6.45) is 1.59. The van der Waals surface area contributed by atoms with E-state index >= 15 is 0 Å². The van der Waals surface area contributed by atoms with Gasteiger partial charge in [0.25, 0.3) is 5.91 Å². The summed E-state index contributed by atoms with van der Waals surface area (Å²) < 4.78 is 5.93. The molecule has 0 aliphatic heterocycles. The molecule has 0 aliphatic carbocycles. The van der Waals surface area contributed by atoms with Crippen molar-refractivity contribution in [1.29, 1.82) is 0 Å². The van der Waals surface area contributed by atoms with Crippen molar-refractivity contribution in [3.63, 3.8) is 0 Å². The Kier molecular flexibility index (Phi) is 3.55. The summed E-state index contributed by atoms with van der Waals surface area (Å²) in [7, 11) is 0. The standard InChI is InChI=1S/C11H10BrN3O2/c12-8-2-1-5-14-10(8)15-11(16)9-4-3-7(6-13)17-9/h1-5H,6,13H2,(H,14,15,16). The van der Waals surface area contributed by atoms with Crippen molar-refractivity contribution in [1.82, 2.24) is 4.98 Å². The van der Waals surface area contributed by atoms with Crippen LogP contribution in [0.25, 0.3) is 0 Å². The minimum absolute atomic E-state index is 0.211. The van der Waals surface area contributed by atoms with Gasteiger partial charge in [-0.15, -0.1) is 0 Å². The van der Waals surface area contributed by atoms with Crippen LogP contribution in [0.2, 0.25) is 0 Å². The molecule has 1 amide bonds. The molecule has 2 rings (SSSR count). The number of nitrogens with two attached hydrogens (primary N) is 1. The lowest BCUT2D eigenvalue weighted by Crippen LogP contribution is -2.12. The molecule has 6 heteroatoms. The highest BCUT2D eigenvalue weighted by Gasteiger charge is 2.12. The molecule has 0 spiro atoms. The topological polar surface area (TPSA) is 81.2 Å². The molecule has 0 atom stereocenters. The molecule has 0 aromatic carbocycles. The Morgan fingerprint density at radius 1 is 1.47 bits per heavy atom. The first-order valence-electron chi connectivity index (χ1n) is 4.91. The van der Waals surface area contributed by atoms with Crippen LogP contribution in [-0.4, -0.2) is 10.9 Å². The Hall–Kier alpha value is -1.66. The zero-order valence-electron chi connectivity index (χ0n) is 8.81. The molecular weight excluding hydrogens is 286 g/mol. The number of nitrogens with one attached hydrogen (secondary N) is 1. The molecule has 2 heterocycles. The number of carbonyl (C=O) groups is 1. The van der Waals surface area contributed by atoms with Gasteiger partial charge in [0.15, 0.2) is 5.76 Å². The van der Waals surface area contributed by atoms with Crippen molar-refractivity contribution < 1.29 is 9.21 Å². The summed E-state index contributed by atoms with van der Waals surface area (Å²) in [5.41, 5.74) is 5.39. The minimum atomic E-state index is -0.357. The van der Waals surface area contributed by atoms with Crippen LogP contribution < -0.4 is 11.1 Å². The summed E-state index contributed by atoms with van der Waals surface area (Å²) in [5.74, 6) is 0.866. The highest BCUT2D eigenvalue weighted by Crippen LogP contribution is 2.19. The average Bonchev–Trinajstić information content (AvgIpc) is 2.81. The van der Waals surface area contributed by atoms with Gasteiger partial charge in [-0.3, -0.25) is 4.79 Å². The molecule has 0 unspecified atom stereocenters. The molecule has 2 aromatic heterocycles. The quantitative estimate of drug-likeness (QED) is 0.909. The average molecular weight is 296 g/mol. The lowest BCUT2D eigenvalue weighted by Gasteiger charge is -2.03. The van der Waals surface area contributed by atoms with Crippen LogP contribution in [0.4, 0.5) is 5.82 Å². The van der Waals surface area contributed by atoms with E-state index in [-0.39, 0.29) is 18.2 Å². The summed E-state index contributed by atoms with van der Waals surface area (Å²) >= 11 is 3.29. The van der Waals surface area contributed by atoms with Gasteiger partial charge >= 0.3 is 0 Å². The SMILES string of the molecule is NCc1ccc(C(=O)Nc2ncccc2Br)o1. The number of hydrogen-bond acceptors (Lipinski definition) is 4. The second-order valence-electron chi connectivity index (χ2n) is 3.26. The zero-order valence-corrected chi connectivity index (χ0v) is 10.4. The number of furan rings is 1.